The fourth-order valence-corrected chi connectivity index (χ4v) is 1.84. The van der Waals surface area contributed by atoms with Crippen LogP contribution >= 0.6 is 0 Å². The molecular formula is C12H24N2O. The number of nitrogens with zero attached hydrogens (tertiary/aromatic N) is 1. The second-order valence-electron chi connectivity index (χ2n) is 5.72. The summed E-state index contributed by atoms with van der Waals surface area (Å²) in [6.07, 6.45) is 0.644. The lowest BCUT2D eigenvalue weighted by molar-refractivity contribution is -0.129. The van der Waals surface area contributed by atoms with Crippen molar-refractivity contribution in [2.24, 2.45) is 23.0 Å². The summed E-state index contributed by atoms with van der Waals surface area (Å²) in [6, 6.07) is 0. The zero-order valence-corrected chi connectivity index (χ0v) is 10.4. The van der Waals surface area contributed by atoms with Gasteiger partial charge in [-0.3, -0.25) is 4.79 Å². The van der Waals surface area contributed by atoms with Gasteiger partial charge in [-0.2, -0.15) is 0 Å². The Hall–Kier alpha value is -0.570. The van der Waals surface area contributed by atoms with Crippen LogP contribution in [0.5, 0.6) is 0 Å². The van der Waals surface area contributed by atoms with Crippen LogP contribution in [0.25, 0.3) is 0 Å². The Morgan fingerprint density at radius 3 is 2.53 bits per heavy atom. The molecule has 0 aromatic rings. The zero-order chi connectivity index (χ0) is 11.6. The number of carbonyl (C=O) groups is 1. The molecule has 0 aromatic carbocycles. The van der Waals surface area contributed by atoms with E-state index < -0.39 is 0 Å². The van der Waals surface area contributed by atoms with Crippen molar-refractivity contribution >= 4 is 5.91 Å². The van der Waals surface area contributed by atoms with Gasteiger partial charge in [-0.1, -0.05) is 27.7 Å². The molecule has 1 fully saturated rings. The third-order valence-corrected chi connectivity index (χ3v) is 3.79. The molecule has 3 nitrogen and oxygen atoms in total. The van der Waals surface area contributed by atoms with Crippen molar-refractivity contribution in [3.05, 3.63) is 0 Å². The van der Waals surface area contributed by atoms with Gasteiger partial charge in [-0.05, 0) is 23.8 Å². The molecule has 1 atom stereocenters. The standard InChI is InChI=1S/C12H24N2O/c1-9(2)12(3,4)8-14-7-10(6-13)5-11(14)15/h9-10H,5-8,13H2,1-4H3. The second-order valence-corrected chi connectivity index (χ2v) is 5.72. The van der Waals surface area contributed by atoms with Gasteiger partial charge in [-0.25, -0.2) is 0 Å². The number of hydrogen-bond acceptors (Lipinski definition) is 2. The number of hydrogen-bond donors (Lipinski definition) is 1. The molecule has 15 heavy (non-hydrogen) atoms. The van der Waals surface area contributed by atoms with Crippen molar-refractivity contribution in [1.29, 1.82) is 0 Å². The van der Waals surface area contributed by atoms with E-state index in [0.29, 0.717) is 24.8 Å². The van der Waals surface area contributed by atoms with Crippen LogP contribution < -0.4 is 5.73 Å². The first-order valence-electron chi connectivity index (χ1n) is 5.84. The van der Waals surface area contributed by atoms with E-state index in [0.717, 1.165) is 13.1 Å². The van der Waals surface area contributed by atoms with Gasteiger partial charge in [0, 0.05) is 19.5 Å². The average molecular weight is 212 g/mol. The minimum atomic E-state index is 0.194. The molecule has 1 unspecified atom stereocenters. The molecule has 0 aliphatic carbocycles. The minimum Gasteiger partial charge on any atom is -0.342 e. The molecular weight excluding hydrogens is 188 g/mol. The normalized spacial score (nSPS) is 22.9. The highest BCUT2D eigenvalue weighted by Gasteiger charge is 2.33. The van der Waals surface area contributed by atoms with Crippen LogP contribution in [-0.4, -0.2) is 30.4 Å². The van der Waals surface area contributed by atoms with Crippen molar-refractivity contribution in [3.8, 4) is 0 Å². The van der Waals surface area contributed by atoms with Crippen molar-refractivity contribution in [1.82, 2.24) is 4.90 Å². The fourth-order valence-electron chi connectivity index (χ4n) is 1.84. The lowest BCUT2D eigenvalue weighted by Gasteiger charge is -2.33. The maximum absolute atomic E-state index is 11.7. The van der Waals surface area contributed by atoms with E-state index in [1.807, 2.05) is 4.90 Å². The van der Waals surface area contributed by atoms with Crippen LogP contribution in [0.2, 0.25) is 0 Å². The summed E-state index contributed by atoms with van der Waals surface area (Å²) < 4.78 is 0. The summed E-state index contributed by atoms with van der Waals surface area (Å²) in [6.45, 7) is 11.2. The first-order chi connectivity index (χ1) is 6.86. The Kier molecular flexibility index (Phi) is 3.77. The molecule has 2 N–H and O–H groups in total. The topological polar surface area (TPSA) is 46.3 Å². The Morgan fingerprint density at radius 2 is 2.13 bits per heavy atom. The van der Waals surface area contributed by atoms with Crippen LogP contribution in [0.1, 0.15) is 34.1 Å². The van der Waals surface area contributed by atoms with Crippen LogP contribution in [0, 0.1) is 17.3 Å². The van der Waals surface area contributed by atoms with Gasteiger partial charge in [0.25, 0.3) is 0 Å². The van der Waals surface area contributed by atoms with Crippen LogP contribution in [0.3, 0.4) is 0 Å². The molecule has 0 aromatic heterocycles. The largest absolute Gasteiger partial charge is 0.342 e. The van der Waals surface area contributed by atoms with Crippen molar-refractivity contribution in [3.63, 3.8) is 0 Å². The summed E-state index contributed by atoms with van der Waals surface area (Å²) >= 11 is 0. The highest BCUT2D eigenvalue weighted by Crippen LogP contribution is 2.29. The number of amides is 1. The molecule has 1 aliphatic rings. The molecule has 1 amide bonds. The Labute approximate surface area is 93.0 Å². The van der Waals surface area contributed by atoms with Gasteiger partial charge in [0.1, 0.15) is 0 Å². The van der Waals surface area contributed by atoms with Crippen LogP contribution in [0.15, 0.2) is 0 Å². The number of likely N-dealkylation sites (tertiary alicyclic amines) is 1. The minimum absolute atomic E-state index is 0.194. The lowest BCUT2D eigenvalue weighted by Crippen LogP contribution is -2.38. The molecule has 0 radical (unpaired) electrons. The maximum Gasteiger partial charge on any atom is 0.222 e. The molecule has 1 saturated heterocycles. The predicted molar refractivity (Wildman–Crippen MR) is 62.4 cm³/mol. The van der Waals surface area contributed by atoms with Gasteiger partial charge in [0.05, 0.1) is 0 Å². The number of rotatable bonds is 4. The van der Waals surface area contributed by atoms with E-state index in [4.69, 9.17) is 5.73 Å². The Bertz CT molecular complexity index is 236. The quantitative estimate of drug-likeness (QED) is 0.767. The van der Waals surface area contributed by atoms with E-state index in [1.54, 1.807) is 0 Å². The summed E-state index contributed by atoms with van der Waals surface area (Å²) in [5.74, 6) is 1.24. The van der Waals surface area contributed by atoms with E-state index in [-0.39, 0.29) is 11.3 Å². The van der Waals surface area contributed by atoms with Crippen molar-refractivity contribution in [2.75, 3.05) is 19.6 Å². The summed E-state index contributed by atoms with van der Waals surface area (Å²) in [5.41, 5.74) is 5.80. The van der Waals surface area contributed by atoms with Gasteiger partial charge in [0.2, 0.25) is 5.91 Å². The van der Waals surface area contributed by atoms with Gasteiger partial charge >= 0.3 is 0 Å². The van der Waals surface area contributed by atoms with Gasteiger partial charge in [0.15, 0.2) is 0 Å². The predicted octanol–water partition coefficient (Wildman–Crippen LogP) is 1.48. The van der Waals surface area contributed by atoms with Crippen LogP contribution in [0.4, 0.5) is 0 Å². The van der Waals surface area contributed by atoms with Crippen LogP contribution in [-0.2, 0) is 4.79 Å². The van der Waals surface area contributed by atoms with Crippen molar-refractivity contribution < 1.29 is 4.79 Å². The Morgan fingerprint density at radius 1 is 1.53 bits per heavy atom. The maximum atomic E-state index is 11.7. The molecule has 88 valence electrons. The highest BCUT2D eigenvalue weighted by atomic mass is 16.2. The van der Waals surface area contributed by atoms with Gasteiger partial charge in [-0.15, -0.1) is 0 Å². The lowest BCUT2D eigenvalue weighted by atomic mass is 9.81. The van der Waals surface area contributed by atoms with E-state index in [9.17, 15) is 4.79 Å². The molecule has 1 rings (SSSR count). The fraction of sp³-hybridized carbons (Fsp3) is 0.917. The molecule has 0 bridgehead atoms. The third kappa shape index (κ3) is 2.94. The molecule has 1 heterocycles. The summed E-state index contributed by atoms with van der Waals surface area (Å²) in [5, 5.41) is 0. The third-order valence-electron chi connectivity index (χ3n) is 3.79. The average Bonchev–Trinajstić information content (AvgIpc) is 2.46. The van der Waals surface area contributed by atoms with Crippen molar-refractivity contribution in [2.45, 2.75) is 34.1 Å². The monoisotopic (exact) mass is 212 g/mol. The summed E-state index contributed by atoms with van der Waals surface area (Å²) in [7, 11) is 0. The molecule has 0 saturated carbocycles. The van der Waals surface area contributed by atoms with E-state index in [1.165, 1.54) is 0 Å². The highest BCUT2D eigenvalue weighted by molar-refractivity contribution is 5.78. The zero-order valence-electron chi connectivity index (χ0n) is 10.4. The first-order valence-corrected chi connectivity index (χ1v) is 5.84. The SMILES string of the molecule is CC(C)C(C)(C)CN1CC(CN)CC1=O. The number of carbonyl (C=O) groups excluding carboxylic acids is 1. The van der Waals surface area contributed by atoms with E-state index >= 15 is 0 Å². The summed E-state index contributed by atoms with van der Waals surface area (Å²) in [4.78, 5) is 13.7. The molecule has 3 heteroatoms. The molecule has 0 spiro atoms. The molecule has 1 aliphatic heterocycles. The Balaban J connectivity index is 2.56. The smallest absolute Gasteiger partial charge is 0.222 e. The van der Waals surface area contributed by atoms with Gasteiger partial charge < -0.3 is 10.6 Å². The number of nitrogens with two attached hydrogens (primary N) is 1. The van der Waals surface area contributed by atoms with E-state index in [2.05, 4.69) is 27.7 Å². The second kappa shape index (κ2) is 4.52. The first kappa shape index (κ1) is 12.5.